The van der Waals surface area contributed by atoms with E-state index in [1.807, 2.05) is 19.9 Å². The molecule has 2 aromatic carbocycles. The summed E-state index contributed by atoms with van der Waals surface area (Å²) in [5.74, 6) is -2.21. The second kappa shape index (κ2) is 7.00. The Hall–Kier alpha value is -1.46. The molecular formula is C16H16F3NS. The fraction of sp³-hybridized carbons (Fsp3) is 0.250. The molecule has 5 heteroatoms. The summed E-state index contributed by atoms with van der Waals surface area (Å²) in [6, 6.07) is 8.55. The van der Waals surface area contributed by atoms with Gasteiger partial charge in [-0.15, -0.1) is 0 Å². The maximum atomic E-state index is 14.1. The highest BCUT2D eigenvalue weighted by Gasteiger charge is 2.11. The number of rotatable bonds is 5. The van der Waals surface area contributed by atoms with Crippen molar-refractivity contribution in [2.75, 3.05) is 6.54 Å². The van der Waals surface area contributed by atoms with Crippen LogP contribution in [0.2, 0.25) is 0 Å². The van der Waals surface area contributed by atoms with Crippen LogP contribution in [0.4, 0.5) is 13.2 Å². The predicted molar refractivity (Wildman–Crippen MR) is 79.0 cm³/mol. The molecule has 1 nitrogen and oxygen atoms in total. The van der Waals surface area contributed by atoms with Crippen molar-refractivity contribution in [1.82, 2.24) is 5.32 Å². The fourth-order valence-electron chi connectivity index (χ4n) is 1.96. The minimum absolute atomic E-state index is 0.0619. The van der Waals surface area contributed by atoms with Crippen LogP contribution in [0.5, 0.6) is 0 Å². The van der Waals surface area contributed by atoms with Crippen LogP contribution in [0, 0.1) is 17.5 Å². The first-order valence-electron chi connectivity index (χ1n) is 6.67. The second-order valence-corrected chi connectivity index (χ2v) is 5.76. The molecule has 0 saturated carbocycles. The Balaban J connectivity index is 2.19. The summed E-state index contributed by atoms with van der Waals surface area (Å²) in [6.07, 6.45) is 0. The third kappa shape index (κ3) is 4.02. The van der Waals surface area contributed by atoms with Gasteiger partial charge in [-0.1, -0.05) is 24.8 Å². The summed E-state index contributed by atoms with van der Waals surface area (Å²) in [7, 11) is 0. The lowest BCUT2D eigenvalue weighted by Crippen LogP contribution is -2.17. The minimum atomic E-state index is -0.933. The summed E-state index contributed by atoms with van der Waals surface area (Å²) < 4.78 is 40.1. The summed E-state index contributed by atoms with van der Waals surface area (Å²) in [6.45, 7) is 4.74. The van der Waals surface area contributed by atoms with Crippen LogP contribution in [-0.2, 0) is 0 Å². The normalized spacial score (nSPS) is 12.4. The van der Waals surface area contributed by atoms with Gasteiger partial charge in [0.2, 0.25) is 0 Å². The molecule has 0 bridgehead atoms. The van der Waals surface area contributed by atoms with Gasteiger partial charge >= 0.3 is 0 Å². The molecule has 1 unspecified atom stereocenters. The van der Waals surface area contributed by atoms with E-state index in [9.17, 15) is 13.2 Å². The van der Waals surface area contributed by atoms with Crippen LogP contribution in [-0.4, -0.2) is 6.54 Å². The van der Waals surface area contributed by atoms with Crippen LogP contribution >= 0.6 is 11.8 Å². The molecule has 0 amide bonds. The van der Waals surface area contributed by atoms with Crippen LogP contribution in [0.25, 0.3) is 0 Å². The Morgan fingerprint density at radius 2 is 1.76 bits per heavy atom. The highest BCUT2D eigenvalue weighted by molar-refractivity contribution is 7.99. The fourth-order valence-corrected chi connectivity index (χ4v) is 2.81. The first kappa shape index (κ1) is 15.9. The maximum absolute atomic E-state index is 14.1. The van der Waals surface area contributed by atoms with E-state index in [4.69, 9.17) is 0 Å². The van der Waals surface area contributed by atoms with Gasteiger partial charge in [0.15, 0.2) is 11.6 Å². The molecule has 0 aliphatic rings. The molecule has 2 aromatic rings. The molecule has 0 saturated heterocycles. The van der Waals surface area contributed by atoms with Crippen molar-refractivity contribution in [1.29, 1.82) is 0 Å². The largest absolute Gasteiger partial charge is 0.310 e. The zero-order valence-corrected chi connectivity index (χ0v) is 12.6. The Kier molecular flexibility index (Phi) is 5.31. The van der Waals surface area contributed by atoms with Crippen molar-refractivity contribution >= 4 is 11.8 Å². The average molecular weight is 311 g/mol. The van der Waals surface area contributed by atoms with Crippen molar-refractivity contribution in [2.45, 2.75) is 29.7 Å². The van der Waals surface area contributed by atoms with Crippen molar-refractivity contribution < 1.29 is 13.2 Å². The Bertz CT molecular complexity index is 631. The van der Waals surface area contributed by atoms with Gasteiger partial charge in [0, 0.05) is 15.8 Å². The van der Waals surface area contributed by atoms with E-state index < -0.39 is 11.6 Å². The summed E-state index contributed by atoms with van der Waals surface area (Å²) in [5.41, 5.74) is 0.851. The highest BCUT2D eigenvalue weighted by atomic mass is 32.2. The Morgan fingerprint density at radius 3 is 2.38 bits per heavy atom. The maximum Gasteiger partial charge on any atom is 0.159 e. The van der Waals surface area contributed by atoms with E-state index in [2.05, 4.69) is 5.32 Å². The molecule has 0 aliphatic carbocycles. The van der Waals surface area contributed by atoms with E-state index in [1.54, 1.807) is 6.07 Å². The zero-order chi connectivity index (χ0) is 15.4. The molecule has 0 aromatic heterocycles. The SMILES string of the molecule is CCNC(C)c1ccc(Sc2ccc(F)c(F)c2)c(F)c1. The van der Waals surface area contributed by atoms with Gasteiger partial charge < -0.3 is 5.32 Å². The number of nitrogens with one attached hydrogen (secondary N) is 1. The molecule has 0 aliphatic heterocycles. The standard InChI is InChI=1S/C16H16F3NS/c1-3-20-10(2)11-4-7-16(15(19)8-11)21-12-5-6-13(17)14(18)9-12/h4-10,20H,3H2,1-2H3. The van der Waals surface area contributed by atoms with E-state index in [-0.39, 0.29) is 11.9 Å². The van der Waals surface area contributed by atoms with Crippen LogP contribution < -0.4 is 5.32 Å². The third-order valence-corrected chi connectivity index (χ3v) is 4.13. The number of hydrogen-bond donors (Lipinski definition) is 1. The number of hydrogen-bond acceptors (Lipinski definition) is 2. The topological polar surface area (TPSA) is 12.0 Å². The van der Waals surface area contributed by atoms with Gasteiger partial charge in [-0.05, 0) is 49.4 Å². The first-order valence-corrected chi connectivity index (χ1v) is 7.48. The molecule has 1 atom stereocenters. The van der Waals surface area contributed by atoms with E-state index in [1.165, 1.54) is 12.1 Å². The minimum Gasteiger partial charge on any atom is -0.310 e. The lowest BCUT2D eigenvalue weighted by Gasteiger charge is -2.13. The van der Waals surface area contributed by atoms with E-state index in [0.717, 1.165) is 36.0 Å². The molecule has 2 rings (SSSR count). The van der Waals surface area contributed by atoms with Crippen molar-refractivity contribution in [3.8, 4) is 0 Å². The second-order valence-electron chi connectivity index (χ2n) is 4.65. The molecule has 112 valence electrons. The Labute approximate surface area is 126 Å². The van der Waals surface area contributed by atoms with Crippen LogP contribution in [0.1, 0.15) is 25.5 Å². The van der Waals surface area contributed by atoms with Gasteiger partial charge in [0.25, 0.3) is 0 Å². The average Bonchev–Trinajstić information content (AvgIpc) is 2.45. The first-order chi connectivity index (χ1) is 10.0. The Morgan fingerprint density at radius 1 is 1.00 bits per heavy atom. The van der Waals surface area contributed by atoms with Gasteiger partial charge in [-0.2, -0.15) is 0 Å². The van der Waals surface area contributed by atoms with Gasteiger partial charge in [-0.3, -0.25) is 0 Å². The van der Waals surface area contributed by atoms with Crippen molar-refractivity contribution in [2.24, 2.45) is 0 Å². The summed E-state index contributed by atoms with van der Waals surface area (Å²) in [4.78, 5) is 0.841. The van der Waals surface area contributed by atoms with Crippen molar-refractivity contribution in [3.63, 3.8) is 0 Å². The monoisotopic (exact) mass is 311 g/mol. The van der Waals surface area contributed by atoms with E-state index in [0.29, 0.717) is 9.79 Å². The van der Waals surface area contributed by atoms with Crippen molar-refractivity contribution in [3.05, 3.63) is 59.4 Å². The molecule has 0 fully saturated rings. The highest BCUT2D eigenvalue weighted by Crippen LogP contribution is 2.31. The number of benzene rings is 2. The molecule has 21 heavy (non-hydrogen) atoms. The molecule has 0 heterocycles. The van der Waals surface area contributed by atoms with E-state index >= 15 is 0 Å². The smallest absolute Gasteiger partial charge is 0.159 e. The molecular weight excluding hydrogens is 295 g/mol. The van der Waals surface area contributed by atoms with Gasteiger partial charge in [0.1, 0.15) is 5.82 Å². The summed E-state index contributed by atoms with van der Waals surface area (Å²) in [5, 5.41) is 3.21. The lowest BCUT2D eigenvalue weighted by molar-refractivity contribution is 0.506. The molecule has 0 spiro atoms. The third-order valence-electron chi connectivity index (χ3n) is 3.09. The molecule has 0 radical (unpaired) electrons. The number of halogens is 3. The zero-order valence-electron chi connectivity index (χ0n) is 11.8. The van der Waals surface area contributed by atoms with Gasteiger partial charge in [0.05, 0.1) is 0 Å². The van der Waals surface area contributed by atoms with Gasteiger partial charge in [-0.25, -0.2) is 13.2 Å². The quantitative estimate of drug-likeness (QED) is 0.840. The lowest BCUT2D eigenvalue weighted by atomic mass is 10.1. The van der Waals surface area contributed by atoms with Crippen LogP contribution in [0.3, 0.4) is 0 Å². The molecule has 1 N–H and O–H groups in total. The predicted octanol–water partition coefficient (Wildman–Crippen LogP) is 4.93. The summed E-state index contributed by atoms with van der Waals surface area (Å²) >= 11 is 1.07. The van der Waals surface area contributed by atoms with Crippen LogP contribution in [0.15, 0.2) is 46.2 Å².